The monoisotopic (exact) mass is 211 g/mol. The first-order valence-electron chi connectivity index (χ1n) is 6.73. The molecule has 0 spiro atoms. The van der Waals surface area contributed by atoms with Crippen LogP contribution in [0.2, 0.25) is 0 Å². The van der Waals surface area contributed by atoms with Crippen LogP contribution in [-0.2, 0) is 0 Å². The van der Waals surface area contributed by atoms with Crippen LogP contribution in [0.15, 0.2) is 0 Å². The van der Waals surface area contributed by atoms with Gasteiger partial charge < -0.3 is 5.11 Å². The Morgan fingerprint density at radius 3 is 2.47 bits per heavy atom. The van der Waals surface area contributed by atoms with Gasteiger partial charge in [0, 0.05) is 12.1 Å². The maximum absolute atomic E-state index is 10.1. The summed E-state index contributed by atoms with van der Waals surface area (Å²) in [5.74, 6) is 0. The van der Waals surface area contributed by atoms with E-state index >= 15 is 0 Å². The topological polar surface area (TPSA) is 23.5 Å². The molecule has 0 aromatic rings. The first-order chi connectivity index (χ1) is 7.29. The Balaban J connectivity index is 1.98. The molecular formula is C13H25NO. The van der Waals surface area contributed by atoms with Crippen molar-refractivity contribution < 1.29 is 5.11 Å². The summed E-state index contributed by atoms with van der Waals surface area (Å²) in [5, 5.41) is 10.1. The highest BCUT2D eigenvalue weighted by Gasteiger charge is 2.31. The summed E-state index contributed by atoms with van der Waals surface area (Å²) in [5.41, 5.74) is 0. The maximum Gasteiger partial charge on any atom is 0.0695 e. The van der Waals surface area contributed by atoms with Crippen molar-refractivity contribution in [2.75, 3.05) is 6.54 Å². The number of hydrogen-bond acceptors (Lipinski definition) is 2. The summed E-state index contributed by atoms with van der Waals surface area (Å²) in [6.07, 6.45) is 10.1. The van der Waals surface area contributed by atoms with E-state index in [0.29, 0.717) is 12.1 Å². The van der Waals surface area contributed by atoms with E-state index in [1.165, 1.54) is 51.5 Å². The standard InChI is InChI=1S/C13H25NO/c1-11-7-3-2-6-10-14(11)12-8-4-5-9-13(12)15/h11-13,15H,2-10H2,1H3/t11?,12-,13-/m0/s1. The van der Waals surface area contributed by atoms with Gasteiger partial charge in [-0.25, -0.2) is 0 Å². The first-order valence-corrected chi connectivity index (χ1v) is 6.73. The van der Waals surface area contributed by atoms with Crippen LogP contribution in [0.1, 0.15) is 58.3 Å². The van der Waals surface area contributed by atoms with E-state index in [4.69, 9.17) is 0 Å². The zero-order chi connectivity index (χ0) is 10.7. The van der Waals surface area contributed by atoms with Crippen molar-refractivity contribution in [3.05, 3.63) is 0 Å². The van der Waals surface area contributed by atoms with Gasteiger partial charge in [-0.3, -0.25) is 4.90 Å². The van der Waals surface area contributed by atoms with Crippen LogP contribution in [0.4, 0.5) is 0 Å². The lowest BCUT2D eigenvalue weighted by molar-refractivity contribution is 0.00304. The Kier molecular flexibility index (Phi) is 4.04. The molecular weight excluding hydrogens is 186 g/mol. The van der Waals surface area contributed by atoms with Gasteiger partial charge in [0.2, 0.25) is 0 Å². The quantitative estimate of drug-likeness (QED) is 0.720. The Bertz CT molecular complexity index is 195. The molecule has 2 nitrogen and oxygen atoms in total. The van der Waals surface area contributed by atoms with Crippen LogP contribution in [0.5, 0.6) is 0 Å². The molecule has 1 saturated heterocycles. The van der Waals surface area contributed by atoms with E-state index in [-0.39, 0.29) is 6.10 Å². The maximum atomic E-state index is 10.1. The van der Waals surface area contributed by atoms with Crippen molar-refractivity contribution in [1.82, 2.24) is 4.90 Å². The van der Waals surface area contributed by atoms with Crippen molar-refractivity contribution in [1.29, 1.82) is 0 Å². The zero-order valence-electron chi connectivity index (χ0n) is 9.99. The summed E-state index contributed by atoms with van der Waals surface area (Å²) >= 11 is 0. The highest BCUT2D eigenvalue weighted by atomic mass is 16.3. The molecule has 15 heavy (non-hydrogen) atoms. The average Bonchev–Trinajstić information content (AvgIpc) is 2.44. The molecule has 0 bridgehead atoms. The van der Waals surface area contributed by atoms with Crippen molar-refractivity contribution in [3.63, 3.8) is 0 Å². The second-order valence-electron chi connectivity index (χ2n) is 5.36. The third-order valence-corrected chi connectivity index (χ3v) is 4.22. The van der Waals surface area contributed by atoms with Gasteiger partial charge in [0.1, 0.15) is 0 Å². The minimum atomic E-state index is -0.0562. The van der Waals surface area contributed by atoms with E-state index < -0.39 is 0 Å². The van der Waals surface area contributed by atoms with Gasteiger partial charge in [-0.15, -0.1) is 0 Å². The van der Waals surface area contributed by atoms with Gasteiger partial charge in [-0.05, 0) is 39.2 Å². The van der Waals surface area contributed by atoms with Crippen molar-refractivity contribution in [2.24, 2.45) is 0 Å². The molecule has 2 aliphatic rings. The van der Waals surface area contributed by atoms with E-state index in [1.807, 2.05) is 0 Å². The molecule has 1 heterocycles. The number of likely N-dealkylation sites (tertiary alicyclic amines) is 1. The smallest absolute Gasteiger partial charge is 0.0695 e. The van der Waals surface area contributed by atoms with E-state index in [1.54, 1.807) is 0 Å². The lowest BCUT2D eigenvalue weighted by Crippen LogP contribution is -2.49. The summed E-state index contributed by atoms with van der Waals surface area (Å²) in [6.45, 7) is 3.55. The van der Waals surface area contributed by atoms with Gasteiger partial charge in [0.25, 0.3) is 0 Å². The Hall–Kier alpha value is -0.0800. The molecule has 1 aliphatic carbocycles. The molecule has 3 atom stereocenters. The van der Waals surface area contributed by atoms with E-state index in [2.05, 4.69) is 11.8 Å². The first kappa shape index (κ1) is 11.4. The second kappa shape index (κ2) is 5.31. The third-order valence-electron chi connectivity index (χ3n) is 4.22. The van der Waals surface area contributed by atoms with Crippen molar-refractivity contribution in [2.45, 2.75) is 76.5 Å². The Morgan fingerprint density at radius 2 is 1.67 bits per heavy atom. The minimum absolute atomic E-state index is 0.0562. The Labute approximate surface area is 93.7 Å². The highest BCUT2D eigenvalue weighted by Crippen LogP contribution is 2.28. The molecule has 1 saturated carbocycles. The molecule has 1 aliphatic heterocycles. The molecule has 0 amide bonds. The Morgan fingerprint density at radius 1 is 0.933 bits per heavy atom. The molecule has 1 N–H and O–H groups in total. The lowest BCUT2D eigenvalue weighted by atomic mass is 9.90. The summed E-state index contributed by atoms with van der Waals surface area (Å²) in [4.78, 5) is 2.59. The average molecular weight is 211 g/mol. The number of rotatable bonds is 1. The summed E-state index contributed by atoms with van der Waals surface area (Å²) < 4.78 is 0. The molecule has 2 rings (SSSR count). The van der Waals surface area contributed by atoms with E-state index in [9.17, 15) is 5.11 Å². The SMILES string of the molecule is CC1CCCCCN1[C@H]1CCCC[C@@H]1O. The minimum Gasteiger partial charge on any atom is -0.391 e. The van der Waals surface area contributed by atoms with Gasteiger partial charge in [0.05, 0.1) is 6.10 Å². The van der Waals surface area contributed by atoms with Crippen LogP contribution in [0.25, 0.3) is 0 Å². The van der Waals surface area contributed by atoms with Crippen LogP contribution in [0.3, 0.4) is 0 Å². The van der Waals surface area contributed by atoms with E-state index in [0.717, 1.165) is 6.42 Å². The molecule has 2 fully saturated rings. The number of nitrogens with zero attached hydrogens (tertiary/aromatic N) is 1. The fraction of sp³-hybridized carbons (Fsp3) is 1.00. The van der Waals surface area contributed by atoms with Crippen LogP contribution < -0.4 is 0 Å². The highest BCUT2D eigenvalue weighted by molar-refractivity contribution is 4.86. The van der Waals surface area contributed by atoms with Crippen LogP contribution in [-0.4, -0.2) is 34.7 Å². The summed E-state index contributed by atoms with van der Waals surface area (Å²) in [6, 6.07) is 1.15. The van der Waals surface area contributed by atoms with Crippen LogP contribution >= 0.6 is 0 Å². The normalized spacial score (nSPS) is 40.0. The fourth-order valence-corrected chi connectivity index (χ4v) is 3.27. The van der Waals surface area contributed by atoms with Gasteiger partial charge in [-0.2, -0.15) is 0 Å². The van der Waals surface area contributed by atoms with Crippen molar-refractivity contribution >= 4 is 0 Å². The lowest BCUT2D eigenvalue weighted by Gasteiger charge is -2.40. The zero-order valence-corrected chi connectivity index (χ0v) is 9.99. The number of aliphatic hydroxyl groups is 1. The van der Waals surface area contributed by atoms with Crippen molar-refractivity contribution in [3.8, 4) is 0 Å². The van der Waals surface area contributed by atoms with Gasteiger partial charge in [0.15, 0.2) is 0 Å². The molecule has 88 valence electrons. The third kappa shape index (κ3) is 2.73. The molecule has 0 radical (unpaired) electrons. The molecule has 0 aromatic heterocycles. The number of aliphatic hydroxyl groups excluding tert-OH is 1. The predicted octanol–water partition coefficient (Wildman–Crippen LogP) is 2.55. The largest absolute Gasteiger partial charge is 0.391 e. The summed E-state index contributed by atoms with van der Waals surface area (Å²) in [7, 11) is 0. The molecule has 2 heteroatoms. The molecule has 1 unspecified atom stereocenters. The van der Waals surface area contributed by atoms with Crippen LogP contribution in [0, 0.1) is 0 Å². The second-order valence-corrected chi connectivity index (χ2v) is 5.36. The predicted molar refractivity (Wildman–Crippen MR) is 62.9 cm³/mol. The number of hydrogen-bond donors (Lipinski definition) is 1. The van der Waals surface area contributed by atoms with Gasteiger partial charge >= 0.3 is 0 Å². The fourth-order valence-electron chi connectivity index (χ4n) is 3.27. The molecule has 0 aromatic carbocycles. The van der Waals surface area contributed by atoms with Gasteiger partial charge in [-0.1, -0.05) is 25.7 Å².